The van der Waals surface area contributed by atoms with Crippen molar-refractivity contribution >= 4 is 17.8 Å². The first kappa shape index (κ1) is 16.7. The van der Waals surface area contributed by atoms with Crippen molar-refractivity contribution in [3.63, 3.8) is 0 Å². The van der Waals surface area contributed by atoms with E-state index in [4.69, 9.17) is 5.11 Å². The largest absolute Gasteiger partial charge is 0.481 e. The molecule has 0 spiro atoms. The van der Waals surface area contributed by atoms with Crippen molar-refractivity contribution in [2.75, 3.05) is 13.6 Å². The number of likely N-dealkylation sites (N-methyl/N-ethyl adjacent to an activating group) is 1. The Morgan fingerprint density at radius 1 is 1.19 bits per heavy atom. The van der Waals surface area contributed by atoms with Gasteiger partial charge >= 0.3 is 5.97 Å². The normalized spacial score (nSPS) is 10.8. The van der Waals surface area contributed by atoms with Crippen molar-refractivity contribution in [1.82, 2.24) is 10.2 Å². The van der Waals surface area contributed by atoms with E-state index in [1.54, 1.807) is 44.2 Å². The zero-order valence-corrected chi connectivity index (χ0v) is 12.4. The zero-order chi connectivity index (χ0) is 16.0. The average Bonchev–Trinajstić information content (AvgIpc) is 2.44. The number of carboxylic acid groups (broad SMARTS) is 1. The second-order valence-corrected chi connectivity index (χ2v) is 5.32. The van der Waals surface area contributed by atoms with E-state index < -0.39 is 11.5 Å². The molecule has 2 amide bonds. The van der Waals surface area contributed by atoms with Gasteiger partial charge in [0, 0.05) is 19.2 Å². The van der Waals surface area contributed by atoms with Crippen LogP contribution >= 0.6 is 0 Å². The Labute approximate surface area is 123 Å². The summed E-state index contributed by atoms with van der Waals surface area (Å²) in [7, 11) is 1.52. The Bertz CT molecular complexity index is 526. The van der Waals surface area contributed by atoms with Crippen LogP contribution in [-0.4, -0.2) is 46.9 Å². The molecule has 0 aliphatic heterocycles. The maximum absolute atomic E-state index is 12.3. The third kappa shape index (κ3) is 4.91. The lowest BCUT2D eigenvalue weighted by molar-refractivity contribution is -0.139. The molecule has 114 valence electrons. The van der Waals surface area contributed by atoms with Gasteiger partial charge in [-0.15, -0.1) is 0 Å². The van der Waals surface area contributed by atoms with Crippen LogP contribution in [0.3, 0.4) is 0 Å². The minimum atomic E-state index is -1.11. The molecule has 0 unspecified atom stereocenters. The fraction of sp³-hybridized carbons (Fsp3) is 0.400. The quantitative estimate of drug-likeness (QED) is 0.823. The standard InChI is InChI=1S/C15H20N2O4/c1-15(2,14(21)17(3)10-9-12(18)19)16-13(20)11-7-5-4-6-8-11/h4-8H,9-10H2,1-3H3,(H,16,20)(H,18,19). The van der Waals surface area contributed by atoms with Crippen molar-refractivity contribution < 1.29 is 19.5 Å². The molecule has 0 radical (unpaired) electrons. The van der Waals surface area contributed by atoms with Crippen LogP contribution in [-0.2, 0) is 9.59 Å². The second-order valence-electron chi connectivity index (χ2n) is 5.32. The van der Waals surface area contributed by atoms with Crippen LogP contribution in [0.4, 0.5) is 0 Å². The summed E-state index contributed by atoms with van der Waals surface area (Å²) in [5.74, 6) is -1.66. The van der Waals surface area contributed by atoms with Gasteiger partial charge in [0.15, 0.2) is 0 Å². The first-order valence-corrected chi connectivity index (χ1v) is 6.59. The second kappa shape index (κ2) is 6.88. The highest BCUT2D eigenvalue weighted by Crippen LogP contribution is 2.10. The van der Waals surface area contributed by atoms with Crippen molar-refractivity contribution in [1.29, 1.82) is 0 Å². The molecule has 0 saturated heterocycles. The molecule has 0 heterocycles. The Hall–Kier alpha value is -2.37. The van der Waals surface area contributed by atoms with Gasteiger partial charge in [0.2, 0.25) is 5.91 Å². The number of nitrogens with one attached hydrogen (secondary N) is 1. The van der Waals surface area contributed by atoms with Crippen LogP contribution in [0.5, 0.6) is 0 Å². The van der Waals surface area contributed by atoms with Crippen molar-refractivity contribution in [3.05, 3.63) is 35.9 Å². The molecule has 21 heavy (non-hydrogen) atoms. The number of rotatable bonds is 6. The molecule has 1 aromatic rings. The van der Waals surface area contributed by atoms with Gasteiger partial charge in [-0.25, -0.2) is 0 Å². The summed E-state index contributed by atoms with van der Waals surface area (Å²) in [6.07, 6.45) is -0.134. The Morgan fingerprint density at radius 3 is 2.29 bits per heavy atom. The van der Waals surface area contributed by atoms with E-state index in [-0.39, 0.29) is 24.8 Å². The van der Waals surface area contributed by atoms with Crippen LogP contribution < -0.4 is 5.32 Å². The average molecular weight is 292 g/mol. The smallest absolute Gasteiger partial charge is 0.305 e. The number of aliphatic carboxylic acids is 1. The van der Waals surface area contributed by atoms with E-state index in [2.05, 4.69) is 5.32 Å². The summed E-state index contributed by atoms with van der Waals surface area (Å²) in [5, 5.41) is 11.3. The molecule has 0 bridgehead atoms. The lowest BCUT2D eigenvalue weighted by Crippen LogP contribution is -2.55. The molecule has 0 aromatic heterocycles. The number of carboxylic acids is 1. The van der Waals surface area contributed by atoms with E-state index in [0.29, 0.717) is 5.56 Å². The molecule has 0 aliphatic rings. The number of hydrogen-bond acceptors (Lipinski definition) is 3. The molecule has 0 aliphatic carbocycles. The van der Waals surface area contributed by atoms with Gasteiger partial charge in [0.25, 0.3) is 5.91 Å². The minimum absolute atomic E-state index is 0.0960. The summed E-state index contributed by atoms with van der Waals surface area (Å²) < 4.78 is 0. The molecule has 1 rings (SSSR count). The van der Waals surface area contributed by atoms with Crippen molar-refractivity contribution in [2.45, 2.75) is 25.8 Å². The van der Waals surface area contributed by atoms with E-state index in [1.165, 1.54) is 11.9 Å². The minimum Gasteiger partial charge on any atom is -0.481 e. The topological polar surface area (TPSA) is 86.7 Å². The molecule has 0 fully saturated rings. The van der Waals surface area contributed by atoms with Gasteiger partial charge in [-0.3, -0.25) is 14.4 Å². The van der Waals surface area contributed by atoms with Gasteiger partial charge in [0.1, 0.15) is 5.54 Å². The number of nitrogens with zero attached hydrogens (tertiary/aromatic N) is 1. The SMILES string of the molecule is CN(CCC(=O)O)C(=O)C(C)(C)NC(=O)c1ccccc1. The summed E-state index contributed by atoms with van der Waals surface area (Å²) >= 11 is 0. The lowest BCUT2D eigenvalue weighted by Gasteiger charge is -2.30. The third-order valence-corrected chi connectivity index (χ3v) is 3.00. The number of carbonyl (C=O) groups excluding carboxylic acids is 2. The number of hydrogen-bond donors (Lipinski definition) is 2. The van der Waals surface area contributed by atoms with Gasteiger partial charge in [-0.2, -0.15) is 0 Å². The Balaban J connectivity index is 2.69. The predicted octanol–water partition coefficient (Wildman–Crippen LogP) is 1.13. The fourth-order valence-electron chi connectivity index (χ4n) is 1.84. The van der Waals surface area contributed by atoms with Gasteiger partial charge in [-0.1, -0.05) is 18.2 Å². The maximum Gasteiger partial charge on any atom is 0.305 e. The highest BCUT2D eigenvalue weighted by atomic mass is 16.4. The highest BCUT2D eigenvalue weighted by Gasteiger charge is 2.32. The van der Waals surface area contributed by atoms with Crippen LogP contribution in [0.1, 0.15) is 30.6 Å². The van der Waals surface area contributed by atoms with Crippen LogP contribution in [0.25, 0.3) is 0 Å². The van der Waals surface area contributed by atoms with Crippen LogP contribution in [0.15, 0.2) is 30.3 Å². The first-order valence-electron chi connectivity index (χ1n) is 6.59. The number of benzene rings is 1. The van der Waals surface area contributed by atoms with Crippen LogP contribution in [0, 0.1) is 0 Å². The molecule has 0 atom stereocenters. The van der Waals surface area contributed by atoms with Gasteiger partial charge in [0.05, 0.1) is 6.42 Å². The summed E-state index contributed by atoms with van der Waals surface area (Å²) in [5.41, 5.74) is -0.647. The fourth-order valence-corrected chi connectivity index (χ4v) is 1.84. The van der Waals surface area contributed by atoms with E-state index >= 15 is 0 Å². The molecule has 2 N–H and O–H groups in total. The molecule has 6 nitrogen and oxygen atoms in total. The maximum atomic E-state index is 12.3. The summed E-state index contributed by atoms with van der Waals surface area (Å²) in [4.78, 5) is 36.2. The summed E-state index contributed by atoms with van der Waals surface area (Å²) in [6.45, 7) is 3.28. The molecule has 6 heteroatoms. The summed E-state index contributed by atoms with van der Waals surface area (Å²) in [6, 6.07) is 8.59. The highest BCUT2D eigenvalue weighted by molar-refractivity contribution is 5.98. The van der Waals surface area contributed by atoms with Crippen molar-refractivity contribution in [3.8, 4) is 0 Å². The van der Waals surface area contributed by atoms with E-state index in [0.717, 1.165) is 0 Å². The van der Waals surface area contributed by atoms with Gasteiger partial charge in [-0.05, 0) is 26.0 Å². The molecule has 1 aromatic carbocycles. The van der Waals surface area contributed by atoms with Gasteiger partial charge < -0.3 is 15.3 Å². The molecular formula is C15H20N2O4. The number of amides is 2. The van der Waals surface area contributed by atoms with Crippen LogP contribution in [0.2, 0.25) is 0 Å². The Morgan fingerprint density at radius 2 is 1.76 bits per heavy atom. The van der Waals surface area contributed by atoms with E-state index in [1.807, 2.05) is 0 Å². The predicted molar refractivity (Wildman–Crippen MR) is 77.9 cm³/mol. The van der Waals surface area contributed by atoms with Crippen molar-refractivity contribution in [2.24, 2.45) is 0 Å². The monoisotopic (exact) mass is 292 g/mol. The molecular weight excluding hydrogens is 272 g/mol. The molecule has 0 saturated carbocycles. The first-order chi connectivity index (χ1) is 9.74. The van der Waals surface area contributed by atoms with E-state index in [9.17, 15) is 14.4 Å². The lowest BCUT2D eigenvalue weighted by atomic mass is 10.0. The number of carbonyl (C=O) groups is 3. The zero-order valence-electron chi connectivity index (χ0n) is 12.4. The Kier molecular flexibility index (Phi) is 5.46. The third-order valence-electron chi connectivity index (χ3n) is 3.00.